The van der Waals surface area contributed by atoms with E-state index in [0.717, 1.165) is 59.0 Å². The number of benzene rings is 1. The van der Waals surface area contributed by atoms with Gasteiger partial charge < -0.3 is 25.8 Å². The van der Waals surface area contributed by atoms with Gasteiger partial charge in [-0.05, 0) is 109 Å². The van der Waals surface area contributed by atoms with E-state index in [1.807, 2.05) is 30.5 Å². The van der Waals surface area contributed by atoms with Crippen molar-refractivity contribution in [3.63, 3.8) is 0 Å². The highest BCUT2D eigenvalue weighted by Gasteiger charge is 2.27. The van der Waals surface area contributed by atoms with Gasteiger partial charge in [-0.15, -0.1) is 0 Å². The quantitative estimate of drug-likeness (QED) is 0.257. The van der Waals surface area contributed by atoms with E-state index in [0.29, 0.717) is 17.5 Å². The maximum absolute atomic E-state index is 12.2. The molecule has 9 nitrogen and oxygen atoms in total. The van der Waals surface area contributed by atoms with Gasteiger partial charge in [0.05, 0.1) is 5.52 Å². The van der Waals surface area contributed by atoms with Crippen molar-refractivity contribution in [2.24, 2.45) is 11.7 Å². The Kier molecular flexibility index (Phi) is 8.23. The largest absolute Gasteiger partial charge is 0.366 e. The summed E-state index contributed by atoms with van der Waals surface area (Å²) in [6, 6.07) is 10.4. The predicted molar refractivity (Wildman–Crippen MR) is 154 cm³/mol. The summed E-state index contributed by atoms with van der Waals surface area (Å²) in [5.41, 5.74) is 9.17. The van der Waals surface area contributed by atoms with E-state index in [9.17, 15) is 4.79 Å². The lowest BCUT2D eigenvalue weighted by atomic mass is 9.94. The van der Waals surface area contributed by atoms with Gasteiger partial charge >= 0.3 is 0 Å². The maximum Gasteiger partial charge on any atom is 0.249 e. The molecule has 208 valence electrons. The van der Waals surface area contributed by atoms with E-state index in [4.69, 9.17) is 20.9 Å². The number of nitrogens with zero attached hydrogens (tertiary/aromatic N) is 4. The van der Waals surface area contributed by atoms with Crippen LogP contribution in [-0.2, 0) is 6.42 Å². The lowest BCUT2D eigenvalue weighted by Crippen LogP contribution is -2.26. The molecule has 4 aromatic rings. The number of hydrogen-bond donors (Lipinski definition) is 4. The number of carbonyl (C=O) groups is 1. The molecule has 39 heavy (non-hydrogen) atoms. The van der Waals surface area contributed by atoms with Crippen LogP contribution >= 0.6 is 0 Å². The van der Waals surface area contributed by atoms with E-state index in [1.54, 1.807) is 6.33 Å². The second-order valence-corrected chi connectivity index (χ2v) is 12.0. The number of aliphatic hydroxyl groups is 2. The van der Waals surface area contributed by atoms with Crippen LogP contribution < -0.4 is 11.1 Å². The minimum Gasteiger partial charge on any atom is -0.366 e. The first-order chi connectivity index (χ1) is 18.3. The molecular formula is C30H40N6O3. The number of hydrogen-bond acceptors (Lipinski definition) is 7. The lowest BCUT2D eigenvalue weighted by Gasteiger charge is -2.21. The topological polar surface area (TPSA) is 139 Å². The average Bonchev–Trinajstić information content (AvgIpc) is 3.47. The number of nitrogens with two attached hydrogens (primary N) is 1. The number of pyridine rings is 1. The van der Waals surface area contributed by atoms with Crippen LogP contribution in [0.1, 0.15) is 82.3 Å². The van der Waals surface area contributed by atoms with Gasteiger partial charge in [0.1, 0.15) is 17.8 Å². The lowest BCUT2D eigenvalue weighted by molar-refractivity contribution is -0.127. The van der Waals surface area contributed by atoms with Gasteiger partial charge in [0.25, 0.3) is 0 Å². The smallest absolute Gasteiger partial charge is 0.249 e. The van der Waals surface area contributed by atoms with Crippen LogP contribution in [0.5, 0.6) is 0 Å². The summed E-state index contributed by atoms with van der Waals surface area (Å²) in [5, 5.41) is 21.6. The zero-order chi connectivity index (χ0) is 28.4. The van der Waals surface area contributed by atoms with Crippen molar-refractivity contribution in [1.29, 1.82) is 0 Å². The second kappa shape index (κ2) is 11.3. The van der Waals surface area contributed by atoms with E-state index >= 15 is 0 Å². The van der Waals surface area contributed by atoms with Crippen LogP contribution in [0, 0.1) is 5.92 Å². The molecule has 1 fully saturated rings. The zero-order valence-corrected chi connectivity index (χ0v) is 23.5. The summed E-state index contributed by atoms with van der Waals surface area (Å²) in [6.07, 6.45) is 10.9. The number of fused-ring (bicyclic) bond motifs is 2. The first-order valence-electron chi connectivity index (χ1n) is 13.5. The van der Waals surface area contributed by atoms with Crippen LogP contribution in [0.4, 0.5) is 5.82 Å². The summed E-state index contributed by atoms with van der Waals surface area (Å²) >= 11 is 0. The van der Waals surface area contributed by atoms with Gasteiger partial charge in [-0.2, -0.15) is 0 Å². The van der Waals surface area contributed by atoms with Crippen molar-refractivity contribution in [2.45, 2.75) is 84.1 Å². The van der Waals surface area contributed by atoms with Crippen LogP contribution in [0.3, 0.4) is 0 Å². The summed E-state index contributed by atoms with van der Waals surface area (Å²) in [4.78, 5) is 25.6. The molecule has 1 saturated carbocycles. The minimum atomic E-state index is -1.50. The Labute approximate surface area is 229 Å². The molecule has 0 bridgehead atoms. The molecule has 5 rings (SSSR count). The van der Waals surface area contributed by atoms with E-state index in [1.165, 1.54) is 20.3 Å². The normalized spacial score (nSPS) is 17.7. The number of anilines is 1. The molecule has 0 radical (unpaired) electrons. The molecule has 3 heterocycles. The molecule has 9 heteroatoms. The molecule has 1 aliphatic carbocycles. The van der Waals surface area contributed by atoms with Gasteiger partial charge in [-0.25, -0.2) is 15.0 Å². The Morgan fingerprint density at radius 1 is 1.10 bits per heavy atom. The van der Waals surface area contributed by atoms with Crippen molar-refractivity contribution in [2.75, 3.05) is 5.32 Å². The summed E-state index contributed by atoms with van der Waals surface area (Å²) in [6.45, 7) is 8.93. The van der Waals surface area contributed by atoms with Crippen LogP contribution in [0.25, 0.3) is 21.9 Å². The molecular weight excluding hydrogens is 492 g/mol. The molecule has 1 aliphatic rings. The maximum atomic E-state index is 12.2. The molecule has 2 unspecified atom stereocenters. The average molecular weight is 533 g/mol. The van der Waals surface area contributed by atoms with Crippen LogP contribution in [0.15, 0.2) is 49.1 Å². The van der Waals surface area contributed by atoms with Gasteiger partial charge in [-0.1, -0.05) is 0 Å². The van der Waals surface area contributed by atoms with Crippen molar-refractivity contribution in [3.8, 4) is 0 Å². The summed E-state index contributed by atoms with van der Waals surface area (Å²) in [5.74, 6) is -0.446. The molecule has 3 aromatic heterocycles. The predicted octanol–water partition coefficient (Wildman–Crippen LogP) is 4.97. The Hall–Kier alpha value is -3.56. The first kappa shape index (κ1) is 28.4. The number of primary amides is 1. The fraction of sp³-hybridized carbons (Fsp3) is 0.467. The molecule has 5 N–H and O–H groups in total. The first-order valence-corrected chi connectivity index (χ1v) is 13.5. The molecule has 0 aliphatic heterocycles. The Bertz CT molecular complexity index is 1440. The van der Waals surface area contributed by atoms with Gasteiger partial charge in [0.15, 0.2) is 5.79 Å². The number of carbonyl (C=O) groups excluding carboxylic acids is 1. The van der Waals surface area contributed by atoms with Gasteiger partial charge in [0.2, 0.25) is 5.91 Å². The third kappa shape index (κ3) is 7.74. The van der Waals surface area contributed by atoms with Crippen LogP contribution in [0.2, 0.25) is 0 Å². The fourth-order valence-corrected chi connectivity index (χ4v) is 5.22. The third-order valence-corrected chi connectivity index (χ3v) is 6.79. The Balaban J connectivity index is 0.000000648. The number of nitrogens with one attached hydrogen (secondary N) is 1. The highest BCUT2D eigenvalue weighted by Crippen LogP contribution is 2.39. The fourth-order valence-electron chi connectivity index (χ4n) is 5.22. The summed E-state index contributed by atoms with van der Waals surface area (Å²) in [7, 11) is 0. The van der Waals surface area contributed by atoms with Crippen molar-refractivity contribution in [1.82, 2.24) is 19.5 Å². The second-order valence-electron chi connectivity index (χ2n) is 12.0. The van der Waals surface area contributed by atoms with Gasteiger partial charge in [0, 0.05) is 40.3 Å². The zero-order valence-electron chi connectivity index (χ0n) is 23.5. The molecule has 1 amide bonds. The molecule has 0 spiro atoms. The Morgan fingerprint density at radius 2 is 1.85 bits per heavy atom. The van der Waals surface area contributed by atoms with Crippen LogP contribution in [-0.4, -0.2) is 47.0 Å². The summed E-state index contributed by atoms with van der Waals surface area (Å²) < 4.78 is 2.30. The number of rotatable bonds is 6. The monoisotopic (exact) mass is 532 g/mol. The van der Waals surface area contributed by atoms with Gasteiger partial charge in [-0.3, -0.25) is 4.79 Å². The molecule has 0 saturated heterocycles. The van der Waals surface area contributed by atoms with E-state index in [2.05, 4.69) is 52.9 Å². The standard InChI is InChI=1S/C27H32N6O.C3H8O2/c1-27(2,3)32-24-9-7-19-13-22(25(28)34)18(14-23(19)31-24)6-4-17-5-8-21(12-17)33-11-10-20-15-29-16-30-26(20)33;1-3(2,4)5/h7,9-11,13-17,21H,4-6,8,12H2,1-3H3,(H2,28,34)(H,31,32);4-5H,1-2H3. The minimum absolute atomic E-state index is 0.0766. The highest BCUT2D eigenvalue weighted by molar-refractivity contribution is 5.98. The molecule has 2 atom stereocenters. The van der Waals surface area contributed by atoms with Crippen molar-refractivity contribution in [3.05, 3.63) is 60.2 Å². The van der Waals surface area contributed by atoms with Crippen molar-refractivity contribution < 1.29 is 15.0 Å². The SMILES string of the molecule is CC(C)(C)Nc1ccc2cc(C(N)=O)c(CCC3CCC(n4ccc5cncnc54)C3)cc2n1.CC(C)(O)O. The third-order valence-electron chi connectivity index (χ3n) is 6.79. The number of amides is 1. The Morgan fingerprint density at radius 3 is 2.54 bits per heavy atom. The number of aryl methyl sites for hydroxylation is 1. The van der Waals surface area contributed by atoms with E-state index < -0.39 is 5.79 Å². The van der Waals surface area contributed by atoms with Crippen molar-refractivity contribution >= 4 is 33.7 Å². The highest BCUT2D eigenvalue weighted by atomic mass is 16.5. The molecule has 1 aromatic carbocycles. The number of aromatic nitrogens is 4. The van der Waals surface area contributed by atoms with E-state index in [-0.39, 0.29) is 11.4 Å².